The highest BCUT2D eigenvalue weighted by Gasteiger charge is 2.06. The summed E-state index contributed by atoms with van der Waals surface area (Å²) in [7, 11) is 0. The van der Waals surface area contributed by atoms with Crippen LogP contribution in [0.1, 0.15) is 16.1 Å². The molecule has 1 aromatic heterocycles. The van der Waals surface area contributed by atoms with Crippen molar-refractivity contribution in [1.29, 1.82) is 0 Å². The first-order valence-electron chi connectivity index (χ1n) is 4.44. The summed E-state index contributed by atoms with van der Waals surface area (Å²) in [5.74, 6) is -0.487. The molecule has 2 aromatic rings. The number of carbonyl (C=O) groups is 1. The van der Waals surface area contributed by atoms with Gasteiger partial charge in [-0.2, -0.15) is 0 Å². The maximum absolute atomic E-state index is 11.0. The van der Waals surface area contributed by atoms with Crippen molar-refractivity contribution in [2.45, 2.75) is 6.92 Å². The number of pyridine rings is 1. The quantitative estimate of drug-likeness (QED) is 0.821. The van der Waals surface area contributed by atoms with Crippen molar-refractivity contribution in [1.82, 2.24) is 4.98 Å². The number of nitrogens with two attached hydrogens (primary N) is 1. The van der Waals surface area contributed by atoms with E-state index < -0.39 is 5.91 Å². The van der Waals surface area contributed by atoms with Gasteiger partial charge in [-0.25, -0.2) is 4.98 Å². The fourth-order valence-electron chi connectivity index (χ4n) is 1.49. The molecular formula is C11H9IN2O. The second-order valence-electron chi connectivity index (χ2n) is 3.35. The Morgan fingerprint density at radius 1 is 1.40 bits per heavy atom. The fraction of sp³-hybridized carbons (Fsp3) is 0.0909. The van der Waals surface area contributed by atoms with Gasteiger partial charge in [-0.1, -0.05) is 0 Å². The molecule has 1 amide bonds. The lowest BCUT2D eigenvalue weighted by Gasteiger charge is -2.04. The van der Waals surface area contributed by atoms with Gasteiger partial charge < -0.3 is 5.73 Å². The Kier molecular flexibility index (Phi) is 2.60. The monoisotopic (exact) mass is 312 g/mol. The van der Waals surface area contributed by atoms with Crippen molar-refractivity contribution in [2.24, 2.45) is 5.73 Å². The lowest BCUT2D eigenvalue weighted by Crippen LogP contribution is -2.13. The average Bonchev–Trinajstić information content (AvgIpc) is 2.18. The molecule has 2 N–H and O–H groups in total. The van der Waals surface area contributed by atoms with Gasteiger partial charge in [0.15, 0.2) is 0 Å². The van der Waals surface area contributed by atoms with E-state index >= 15 is 0 Å². The molecule has 0 bridgehead atoms. The summed E-state index contributed by atoms with van der Waals surface area (Å²) in [5, 5.41) is 1.06. The highest BCUT2D eigenvalue weighted by molar-refractivity contribution is 14.1. The topological polar surface area (TPSA) is 56.0 Å². The van der Waals surface area contributed by atoms with Crippen molar-refractivity contribution in [3.8, 4) is 0 Å². The third kappa shape index (κ3) is 1.94. The van der Waals surface area contributed by atoms with Gasteiger partial charge in [0.1, 0.15) is 5.69 Å². The zero-order valence-electron chi connectivity index (χ0n) is 8.12. The number of fused-ring (bicyclic) bond motifs is 1. The molecule has 15 heavy (non-hydrogen) atoms. The largest absolute Gasteiger partial charge is 0.364 e. The summed E-state index contributed by atoms with van der Waals surface area (Å²) in [6.07, 6.45) is 0. The Labute approximate surface area is 101 Å². The van der Waals surface area contributed by atoms with Crippen LogP contribution < -0.4 is 5.73 Å². The van der Waals surface area contributed by atoms with Crippen molar-refractivity contribution in [3.63, 3.8) is 0 Å². The van der Waals surface area contributed by atoms with Gasteiger partial charge in [0.05, 0.1) is 5.52 Å². The molecular weight excluding hydrogens is 303 g/mol. The lowest BCUT2D eigenvalue weighted by molar-refractivity contribution is 0.0996. The smallest absolute Gasteiger partial charge is 0.267 e. The molecule has 0 aliphatic rings. The maximum atomic E-state index is 11.0. The molecule has 3 nitrogen and oxygen atoms in total. The number of carbonyl (C=O) groups excluding carboxylic acids is 1. The van der Waals surface area contributed by atoms with Crippen LogP contribution in [-0.2, 0) is 0 Å². The number of hydrogen-bond acceptors (Lipinski definition) is 2. The number of halogens is 1. The van der Waals surface area contributed by atoms with Crippen molar-refractivity contribution < 1.29 is 4.79 Å². The summed E-state index contributed by atoms with van der Waals surface area (Å²) in [4.78, 5) is 15.2. The molecule has 76 valence electrons. The molecule has 0 aliphatic heterocycles. The standard InChI is InChI=1S/C11H9IN2O/c1-6-4-10(11(13)15)14-9-3-2-7(12)5-8(6)9/h2-5H,1H3,(H2,13,15). The third-order valence-electron chi connectivity index (χ3n) is 2.23. The van der Waals surface area contributed by atoms with Gasteiger partial charge in [0.2, 0.25) is 0 Å². The summed E-state index contributed by atoms with van der Waals surface area (Å²) in [6, 6.07) is 7.63. The summed E-state index contributed by atoms with van der Waals surface area (Å²) in [6.45, 7) is 1.95. The minimum atomic E-state index is -0.487. The van der Waals surface area contributed by atoms with Crippen LogP contribution in [0.5, 0.6) is 0 Å². The summed E-state index contributed by atoms with van der Waals surface area (Å²) < 4.78 is 1.15. The van der Waals surface area contributed by atoms with E-state index in [2.05, 4.69) is 27.6 Å². The van der Waals surface area contributed by atoms with Gasteiger partial charge in [0.25, 0.3) is 5.91 Å². The molecule has 0 saturated carbocycles. The van der Waals surface area contributed by atoms with Crippen LogP contribution in [0.4, 0.5) is 0 Å². The van der Waals surface area contributed by atoms with Gasteiger partial charge in [0, 0.05) is 8.96 Å². The zero-order chi connectivity index (χ0) is 11.0. The molecule has 0 fully saturated rings. The molecule has 0 unspecified atom stereocenters. The number of amides is 1. The van der Waals surface area contributed by atoms with Gasteiger partial charge in [-0.3, -0.25) is 4.79 Å². The van der Waals surface area contributed by atoms with Gasteiger partial charge >= 0.3 is 0 Å². The molecule has 1 aromatic carbocycles. The van der Waals surface area contributed by atoms with Crippen LogP contribution in [0, 0.1) is 10.5 Å². The molecule has 0 spiro atoms. The van der Waals surface area contributed by atoms with Crippen LogP contribution in [0.2, 0.25) is 0 Å². The molecule has 0 radical (unpaired) electrons. The van der Waals surface area contributed by atoms with Crippen LogP contribution in [0.3, 0.4) is 0 Å². The van der Waals surface area contributed by atoms with Crippen molar-refractivity contribution in [3.05, 3.63) is 39.1 Å². The van der Waals surface area contributed by atoms with Gasteiger partial charge in [-0.05, 0) is 59.3 Å². The minimum Gasteiger partial charge on any atom is -0.364 e. The van der Waals surface area contributed by atoms with E-state index in [4.69, 9.17) is 5.73 Å². The van der Waals surface area contributed by atoms with E-state index in [0.717, 1.165) is 20.0 Å². The average molecular weight is 312 g/mol. The van der Waals surface area contributed by atoms with E-state index in [0.29, 0.717) is 5.69 Å². The normalized spacial score (nSPS) is 10.5. The fourth-order valence-corrected chi connectivity index (χ4v) is 1.98. The highest BCUT2D eigenvalue weighted by atomic mass is 127. The number of rotatable bonds is 1. The van der Waals surface area contributed by atoms with Crippen molar-refractivity contribution >= 4 is 39.4 Å². The number of benzene rings is 1. The molecule has 0 aliphatic carbocycles. The Balaban J connectivity index is 2.78. The number of nitrogens with zero attached hydrogens (tertiary/aromatic N) is 1. The summed E-state index contributed by atoms with van der Waals surface area (Å²) >= 11 is 2.25. The second-order valence-corrected chi connectivity index (χ2v) is 4.60. The minimum absolute atomic E-state index is 0.321. The molecule has 2 rings (SSSR count). The van der Waals surface area contributed by atoms with E-state index in [-0.39, 0.29) is 0 Å². The highest BCUT2D eigenvalue weighted by Crippen LogP contribution is 2.20. The van der Waals surface area contributed by atoms with Crippen LogP contribution in [0.15, 0.2) is 24.3 Å². The Hall–Kier alpha value is -1.17. The Morgan fingerprint density at radius 3 is 2.80 bits per heavy atom. The first-order chi connectivity index (χ1) is 7.08. The number of aryl methyl sites for hydroxylation is 1. The molecule has 0 atom stereocenters. The lowest BCUT2D eigenvalue weighted by atomic mass is 10.1. The predicted octanol–water partition coefficient (Wildman–Crippen LogP) is 2.25. The van der Waals surface area contributed by atoms with Crippen LogP contribution in [-0.4, -0.2) is 10.9 Å². The van der Waals surface area contributed by atoms with Crippen LogP contribution in [0.25, 0.3) is 10.9 Å². The maximum Gasteiger partial charge on any atom is 0.267 e. The number of hydrogen-bond donors (Lipinski definition) is 1. The first kappa shape index (κ1) is 10.4. The summed E-state index contributed by atoms with van der Waals surface area (Å²) in [5.41, 5.74) is 7.35. The molecule has 4 heteroatoms. The third-order valence-corrected chi connectivity index (χ3v) is 2.90. The predicted molar refractivity (Wildman–Crippen MR) is 67.7 cm³/mol. The van der Waals surface area contributed by atoms with E-state index in [9.17, 15) is 4.79 Å². The van der Waals surface area contributed by atoms with E-state index in [1.807, 2.05) is 25.1 Å². The SMILES string of the molecule is Cc1cc(C(N)=O)nc2ccc(I)cc12. The Bertz CT molecular complexity index is 552. The number of primary amides is 1. The second kappa shape index (κ2) is 3.77. The Morgan fingerprint density at radius 2 is 2.13 bits per heavy atom. The van der Waals surface area contributed by atoms with Crippen molar-refractivity contribution in [2.75, 3.05) is 0 Å². The van der Waals surface area contributed by atoms with Crippen LogP contribution >= 0.6 is 22.6 Å². The van der Waals surface area contributed by atoms with E-state index in [1.165, 1.54) is 0 Å². The van der Waals surface area contributed by atoms with E-state index in [1.54, 1.807) is 6.07 Å². The molecule has 1 heterocycles. The number of aromatic nitrogens is 1. The first-order valence-corrected chi connectivity index (χ1v) is 5.52. The zero-order valence-corrected chi connectivity index (χ0v) is 10.3. The molecule has 0 saturated heterocycles. The van der Waals surface area contributed by atoms with Gasteiger partial charge in [-0.15, -0.1) is 0 Å².